The fourth-order valence-corrected chi connectivity index (χ4v) is 2.74. The number of aromatic nitrogens is 2. The van der Waals surface area contributed by atoms with Crippen LogP contribution in [-0.4, -0.2) is 23.4 Å². The summed E-state index contributed by atoms with van der Waals surface area (Å²) in [5, 5.41) is 46.2. The second-order valence-corrected chi connectivity index (χ2v) is 5.49. The molecule has 0 amide bonds. The van der Waals surface area contributed by atoms with Crippen molar-refractivity contribution in [3.63, 3.8) is 0 Å². The molecule has 2 N–H and O–H groups in total. The number of aliphatic hydroxyl groups is 2. The maximum absolute atomic E-state index is 12.4. The van der Waals surface area contributed by atoms with Crippen LogP contribution >= 0.6 is 0 Å². The molecule has 0 fully saturated rings. The van der Waals surface area contributed by atoms with Gasteiger partial charge in [0.1, 0.15) is 0 Å². The van der Waals surface area contributed by atoms with Crippen LogP contribution in [0.2, 0.25) is 0 Å². The van der Waals surface area contributed by atoms with E-state index in [1.807, 2.05) is 0 Å². The van der Waals surface area contributed by atoms with Crippen LogP contribution in [0.3, 0.4) is 0 Å². The summed E-state index contributed by atoms with van der Waals surface area (Å²) in [6.45, 7) is 3.97. The average molecular weight is 358 g/mol. The van der Waals surface area contributed by atoms with Crippen molar-refractivity contribution in [3.05, 3.63) is 57.3 Å². The van der Waals surface area contributed by atoms with Crippen molar-refractivity contribution in [1.29, 1.82) is 0 Å². The highest BCUT2D eigenvalue weighted by Gasteiger charge is 2.21. The summed E-state index contributed by atoms with van der Waals surface area (Å²) < 4.78 is 10.1. The van der Waals surface area contributed by atoms with Crippen molar-refractivity contribution in [2.75, 3.05) is 13.2 Å². The maximum atomic E-state index is 12.4. The molecule has 2 aromatic carbocycles. The van der Waals surface area contributed by atoms with E-state index in [-0.39, 0.29) is 45.8 Å². The van der Waals surface area contributed by atoms with Crippen LogP contribution in [0.5, 0.6) is 0 Å². The Labute approximate surface area is 148 Å². The van der Waals surface area contributed by atoms with E-state index in [1.165, 1.54) is 12.1 Å². The van der Waals surface area contributed by atoms with Crippen LogP contribution in [0.1, 0.15) is 13.8 Å². The number of benzene rings is 2. The molecular weight excluding hydrogens is 340 g/mol. The Morgan fingerprint density at radius 1 is 0.808 bits per heavy atom. The lowest BCUT2D eigenvalue weighted by Gasteiger charge is -2.06. The third-order valence-corrected chi connectivity index (χ3v) is 3.92. The van der Waals surface area contributed by atoms with Gasteiger partial charge in [0.25, 0.3) is 22.9 Å². The van der Waals surface area contributed by atoms with Gasteiger partial charge in [-0.25, -0.2) is 0 Å². The van der Waals surface area contributed by atoms with E-state index in [0.29, 0.717) is 21.2 Å². The highest BCUT2D eigenvalue weighted by atomic mass is 16.6. The summed E-state index contributed by atoms with van der Waals surface area (Å²) in [7, 11) is 0. The molecule has 0 aliphatic heterocycles. The lowest BCUT2D eigenvalue weighted by atomic mass is 10.1. The third kappa shape index (κ3) is 2.85. The minimum Gasteiger partial charge on any atom is -0.561 e. The number of nitrogens with zero attached hydrogens (tertiary/aromatic N) is 2. The predicted octanol–water partition coefficient (Wildman–Crippen LogP) is 0.580. The van der Waals surface area contributed by atoms with Crippen molar-refractivity contribution in [1.82, 2.24) is 0 Å². The molecule has 0 spiro atoms. The highest BCUT2D eigenvalue weighted by molar-refractivity contribution is 6.01. The zero-order chi connectivity index (χ0) is 18.8. The topological polar surface area (TPSA) is 113 Å². The lowest BCUT2D eigenvalue weighted by molar-refractivity contribution is -1.16. The van der Waals surface area contributed by atoms with Gasteiger partial charge in [-0.1, -0.05) is 0 Å². The molecule has 3 rings (SSSR count). The van der Waals surface area contributed by atoms with E-state index in [0.717, 1.165) is 0 Å². The third-order valence-electron chi connectivity index (χ3n) is 3.92. The molecule has 26 heavy (non-hydrogen) atoms. The fourth-order valence-electron chi connectivity index (χ4n) is 2.74. The predicted molar refractivity (Wildman–Crippen MR) is 93.9 cm³/mol. The largest absolute Gasteiger partial charge is 0.561 e. The number of hydrogen-bond acceptors (Lipinski definition) is 6. The van der Waals surface area contributed by atoms with Crippen LogP contribution in [0.25, 0.3) is 33.7 Å². The van der Waals surface area contributed by atoms with Crippen molar-refractivity contribution >= 4 is 33.7 Å². The number of aliphatic hydroxyl groups excluding tert-OH is 2. The molecule has 0 saturated heterocycles. The van der Waals surface area contributed by atoms with Gasteiger partial charge < -0.3 is 30.1 Å². The maximum Gasteiger partial charge on any atom is 0.296 e. The minimum absolute atomic E-state index is 0.0852. The zero-order valence-electron chi connectivity index (χ0n) is 14.3. The first-order valence-electron chi connectivity index (χ1n) is 8.09. The van der Waals surface area contributed by atoms with E-state index in [2.05, 4.69) is 0 Å². The number of ether oxygens (including phenoxy) is 2. The molecule has 8 nitrogen and oxygen atoms in total. The van der Waals surface area contributed by atoms with Gasteiger partial charge in [0.2, 0.25) is 0 Å². The molecule has 136 valence electrons. The highest BCUT2D eigenvalue weighted by Crippen LogP contribution is 2.17. The second-order valence-electron chi connectivity index (χ2n) is 5.49. The van der Waals surface area contributed by atoms with Gasteiger partial charge in [-0.3, -0.25) is 0 Å². The molecule has 0 aliphatic carbocycles. The molecule has 3 aromatic rings. The van der Waals surface area contributed by atoms with Crippen molar-refractivity contribution in [2.45, 2.75) is 13.8 Å². The molecule has 8 heteroatoms. The Hall–Kier alpha value is -3.42. The Morgan fingerprint density at radius 2 is 1.19 bits per heavy atom. The van der Waals surface area contributed by atoms with Crippen molar-refractivity contribution in [2.24, 2.45) is 0 Å². The Balaban J connectivity index is 2.37. The van der Waals surface area contributed by atoms with Gasteiger partial charge in [-0.05, 0) is 38.1 Å². The summed E-state index contributed by atoms with van der Waals surface area (Å²) >= 11 is 0. The normalized spacial score (nSPS) is 13.6. The lowest BCUT2D eigenvalue weighted by Crippen LogP contribution is -2.61. The average Bonchev–Trinajstić information content (AvgIpc) is 2.65. The quantitative estimate of drug-likeness (QED) is 0.401. The van der Waals surface area contributed by atoms with E-state index >= 15 is 0 Å². The standard InChI is InChI=1S/C18H18N2O6/c1-3-25-17(21)11-5-7-13-14-8-6-12(18(22)26-4-2)10-16(14)20(24)19(23)15(13)9-11/h5-10,21-22H,3-4H2,1-2H3/b17-11+,18-12+. The smallest absolute Gasteiger partial charge is 0.296 e. The van der Waals surface area contributed by atoms with Crippen LogP contribution in [0.15, 0.2) is 36.4 Å². The molecule has 0 saturated carbocycles. The second kappa shape index (κ2) is 6.83. The van der Waals surface area contributed by atoms with Gasteiger partial charge in [-0.15, -0.1) is 0 Å². The first-order valence-corrected chi connectivity index (χ1v) is 8.09. The molecular formula is C18H18N2O6. The summed E-state index contributed by atoms with van der Waals surface area (Å²) in [6.07, 6.45) is 0. The Kier molecular flexibility index (Phi) is 4.57. The summed E-state index contributed by atoms with van der Waals surface area (Å²) in [5.41, 5.74) is 0.170. The summed E-state index contributed by atoms with van der Waals surface area (Å²) in [5.74, 6) is -0.642. The van der Waals surface area contributed by atoms with Crippen LogP contribution in [0.4, 0.5) is 0 Å². The first-order chi connectivity index (χ1) is 12.5. The molecule has 0 atom stereocenters. The molecule has 1 aromatic heterocycles. The van der Waals surface area contributed by atoms with E-state index in [1.54, 1.807) is 38.1 Å². The number of rotatable bonds is 4. The van der Waals surface area contributed by atoms with Gasteiger partial charge >= 0.3 is 0 Å². The SMILES string of the molecule is CCO/C(O)=c1\ccc2c3cc/c(=C(/O)OCC)cc3[n+]([O-])[n+]([O-])c2c1. The van der Waals surface area contributed by atoms with Gasteiger partial charge in [0.05, 0.1) is 44.1 Å². The van der Waals surface area contributed by atoms with Gasteiger partial charge in [0.15, 0.2) is 0 Å². The monoisotopic (exact) mass is 358 g/mol. The van der Waals surface area contributed by atoms with Crippen LogP contribution in [-0.2, 0) is 9.47 Å². The molecule has 0 aliphatic rings. The molecule has 0 unspecified atom stereocenters. The number of hydrogen-bond donors (Lipinski definition) is 2. The van der Waals surface area contributed by atoms with Crippen LogP contribution < -0.4 is 20.1 Å². The van der Waals surface area contributed by atoms with Gasteiger partial charge in [-0.2, -0.15) is 0 Å². The molecule has 0 bridgehead atoms. The Morgan fingerprint density at radius 3 is 1.54 bits per heavy atom. The molecule has 0 radical (unpaired) electrons. The van der Waals surface area contributed by atoms with Gasteiger partial charge in [0, 0.05) is 12.1 Å². The minimum atomic E-state index is -0.321. The van der Waals surface area contributed by atoms with Crippen LogP contribution in [0, 0.1) is 10.4 Å². The summed E-state index contributed by atoms with van der Waals surface area (Å²) in [4.78, 5) is 0.365. The molecule has 1 heterocycles. The zero-order valence-corrected chi connectivity index (χ0v) is 14.3. The summed E-state index contributed by atoms with van der Waals surface area (Å²) in [6, 6.07) is 9.22. The number of fused-ring (bicyclic) bond motifs is 3. The van der Waals surface area contributed by atoms with E-state index in [9.17, 15) is 20.6 Å². The first kappa shape index (κ1) is 17.4. The van der Waals surface area contributed by atoms with Crippen molar-refractivity contribution in [3.8, 4) is 0 Å². The van der Waals surface area contributed by atoms with Crippen molar-refractivity contribution < 1.29 is 29.4 Å². The fraction of sp³-hybridized carbons (Fsp3) is 0.222. The van der Waals surface area contributed by atoms with E-state index < -0.39 is 0 Å². The van der Waals surface area contributed by atoms with E-state index in [4.69, 9.17) is 9.47 Å². The Bertz CT molecular complexity index is 1020.